The van der Waals surface area contributed by atoms with Gasteiger partial charge in [-0.05, 0) is 67.3 Å². The van der Waals surface area contributed by atoms with E-state index in [4.69, 9.17) is 16.3 Å². The van der Waals surface area contributed by atoms with E-state index >= 15 is 0 Å². The van der Waals surface area contributed by atoms with Crippen LogP contribution in [0, 0.1) is 11.3 Å². The van der Waals surface area contributed by atoms with Gasteiger partial charge >= 0.3 is 0 Å². The van der Waals surface area contributed by atoms with E-state index in [2.05, 4.69) is 31.9 Å². The number of anilines is 2. The lowest BCUT2D eigenvalue weighted by Crippen LogP contribution is -2.33. The number of nitrogens with zero attached hydrogens (tertiary/aromatic N) is 4. The molecule has 3 heterocycles. The lowest BCUT2D eigenvalue weighted by molar-refractivity contribution is -0.121. The van der Waals surface area contributed by atoms with Gasteiger partial charge in [0.25, 0.3) is 0 Å². The summed E-state index contributed by atoms with van der Waals surface area (Å²) in [6, 6.07) is 12.1. The first-order valence-electron chi connectivity index (χ1n) is 12.4. The lowest BCUT2D eigenvalue weighted by Gasteiger charge is -2.26. The molecule has 0 spiro atoms. The van der Waals surface area contributed by atoms with E-state index in [0.29, 0.717) is 16.3 Å². The van der Waals surface area contributed by atoms with Crippen molar-refractivity contribution in [2.24, 2.45) is 0 Å². The molecule has 0 radical (unpaired) electrons. The molecule has 2 aromatic carbocycles. The van der Waals surface area contributed by atoms with Crippen LogP contribution in [0.25, 0.3) is 11.1 Å². The van der Waals surface area contributed by atoms with Crippen LogP contribution in [0.15, 0.2) is 42.7 Å². The maximum Gasteiger partial charge on any atom is 0.241 e. The van der Waals surface area contributed by atoms with Crippen LogP contribution in [-0.2, 0) is 20.4 Å². The highest BCUT2D eigenvalue weighted by Gasteiger charge is 2.45. The minimum Gasteiger partial charge on any atom is -0.357 e. The molecular formula is C29H31ClN4O2. The molecule has 3 aromatic rings. The smallest absolute Gasteiger partial charge is 0.241 e. The Morgan fingerprint density at radius 2 is 1.92 bits per heavy atom. The Hall–Kier alpha value is -3.14. The number of hydrogen-bond donors (Lipinski definition) is 0. The van der Waals surface area contributed by atoms with Crippen LogP contribution in [-0.4, -0.2) is 22.3 Å². The zero-order valence-electron chi connectivity index (χ0n) is 21.4. The molecule has 1 saturated heterocycles. The monoisotopic (exact) mass is 502 g/mol. The summed E-state index contributed by atoms with van der Waals surface area (Å²) >= 11 is 6.74. The fourth-order valence-corrected chi connectivity index (χ4v) is 5.67. The molecule has 6 nitrogen and oxygen atoms in total. The molecule has 1 atom stereocenters. The molecule has 2 aliphatic rings. The minimum atomic E-state index is -0.740. The van der Waals surface area contributed by atoms with E-state index in [1.165, 1.54) is 0 Å². The third kappa shape index (κ3) is 3.91. The van der Waals surface area contributed by atoms with E-state index in [1.807, 2.05) is 61.3 Å². The second-order valence-corrected chi connectivity index (χ2v) is 11.6. The van der Waals surface area contributed by atoms with Crippen molar-refractivity contribution in [1.82, 2.24) is 9.78 Å². The van der Waals surface area contributed by atoms with E-state index in [9.17, 15) is 10.1 Å². The van der Waals surface area contributed by atoms with Crippen LogP contribution in [0.1, 0.15) is 76.8 Å². The maximum absolute atomic E-state index is 13.7. The lowest BCUT2D eigenvalue weighted by atomic mass is 9.85. The second-order valence-electron chi connectivity index (χ2n) is 11.2. The quantitative estimate of drug-likeness (QED) is 0.385. The van der Waals surface area contributed by atoms with Gasteiger partial charge in [0.05, 0.1) is 33.6 Å². The molecule has 0 aliphatic carbocycles. The molecule has 1 unspecified atom stereocenters. The molecule has 1 amide bonds. The number of hydrogen-bond acceptors (Lipinski definition) is 4. The number of aromatic nitrogens is 2. The number of benzene rings is 2. The summed E-state index contributed by atoms with van der Waals surface area (Å²) in [5.41, 5.74) is 4.30. The molecule has 1 fully saturated rings. The van der Waals surface area contributed by atoms with E-state index < -0.39 is 5.41 Å². The molecule has 36 heavy (non-hydrogen) atoms. The summed E-state index contributed by atoms with van der Waals surface area (Å²) in [5.74, 6) is -0.0861. The van der Waals surface area contributed by atoms with Gasteiger partial charge in [0, 0.05) is 18.4 Å². The number of ether oxygens (including phenoxy) is 1. The standard InChI is InChI=1S/C29H31ClN4O2/c1-28(2,3)22-11-12-23(20(15-31)26(22)30)34-24-14-18(9-10-21(24)29(4,5)27(34)35)19-16-32-33(17-19)25-8-6-7-13-36-25/h9-12,14,16-17,25H,6-8,13H2,1-5H3. The van der Waals surface area contributed by atoms with E-state index in [1.54, 1.807) is 4.90 Å². The summed E-state index contributed by atoms with van der Waals surface area (Å²) in [5, 5.41) is 15.0. The molecule has 7 heteroatoms. The number of nitriles is 1. The molecule has 0 N–H and O–H groups in total. The molecule has 0 saturated carbocycles. The Kier molecular flexibility index (Phi) is 5.97. The van der Waals surface area contributed by atoms with Crippen molar-refractivity contribution in [1.29, 1.82) is 5.26 Å². The van der Waals surface area contributed by atoms with Crippen molar-refractivity contribution in [2.75, 3.05) is 11.5 Å². The van der Waals surface area contributed by atoms with Gasteiger partial charge in [0.2, 0.25) is 5.91 Å². The largest absolute Gasteiger partial charge is 0.357 e. The second kappa shape index (κ2) is 8.76. The average Bonchev–Trinajstić information content (AvgIpc) is 3.41. The first kappa shape index (κ1) is 24.5. The van der Waals surface area contributed by atoms with Crippen molar-refractivity contribution in [3.05, 3.63) is 64.4 Å². The Bertz CT molecular complexity index is 1390. The fraction of sp³-hybridized carbons (Fsp3) is 0.414. The highest BCUT2D eigenvalue weighted by atomic mass is 35.5. The number of carbonyl (C=O) groups is 1. The number of halogens is 1. The molecule has 5 rings (SSSR count). The van der Waals surface area contributed by atoms with Crippen molar-refractivity contribution in [3.8, 4) is 17.2 Å². The van der Waals surface area contributed by atoms with Gasteiger partial charge in [-0.3, -0.25) is 9.69 Å². The zero-order valence-corrected chi connectivity index (χ0v) is 22.2. The van der Waals surface area contributed by atoms with Gasteiger partial charge in [-0.1, -0.05) is 50.6 Å². The number of fused-ring (bicyclic) bond motifs is 1. The van der Waals surface area contributed by atoms with Crippen LogP contribution in [0.2, 0.25) is 5.02 Å². The van der Waals surface area contributed by atoms with Crippen molar-refractivity contribution in [2.45, 2.75) is 70.9 Å². The fourth-order valence-electron chi connectivity index (χ4n) is 5.18. The van der Waals surface area contributed by atoms with Crippen LogP contribution in [0.4, 0.5) is 11.4 Å². The van der Waals surface area contributed by atoms with Crippen LogP contribution in [0.5, 0.6) is 0 Å². The predicted molar refractivity (Wildman–Crippen MR) is 142 cm³/mol. The van der Waals surface area contributed by atoms with E-state index in [0.717, 1.165) is 53.8 Å². The summed E-state index contributed by atoms with van der Waals surface area (Å²) in [7, 11) is 0. The summed E-state index contributed by atoms with van der Waals surface area (Å²) < 4.78 is 7.76. The van der Waals surface area contributed by atoms with Crippen molar-refractivity contribution < 1.29 is 9.53 Å². The van der Waals surface area contributed by atoms with Crippen LogP contribution >= 0.6 is 11.6 Å². The first-order chi connectivity index (χ1) is 17.0. The minimum absolute atomic E-state index is 0.0411. The van der Waals surface area contributed by atoms with Crippen molar-refractivity contribution in [3.63, 3.8) is 0 Å². The Balaban J connectivity index is 1.61. The molecule has 0 bridgehead atoms. The Labute approximate surface area is 217 Å². The summed E-state index contributed by atoms with van der Waals surface area (Å²) in [6.07, 6.45) is 6.95. The molecule has 1 aromatic heterocycles. The summed E-state index contributed by atoms with van der Waals surface area (Å²) in [6.45, 7) is 10.8. The van der Waals surface area contributed by atoms with E-state index in [-0.39, 0.29) is 17.6 Å². The molecule has 2 aliphatic heterocycles. The number of amides is 1. The third-order valence-corrected chi connectivity index (χ3v) is 7.71. The zero-order chi connectivity index (χ0) is 25.8. The first-order valence-corrected chi connectivity index (χ1v) is 12.8. The van der Waals surface area contributed by atoms with Gasteiger partial charge in [0.1, 0.15) is 12.3 Å². The SMILES string of the molecule is CC(C)(C)c1ccc(N2C(=O)C(C)(C)c3ccc(-c4cnn(C5CCCCO5)c4)cc32)c(C#N)c1Cl. The topological polar surface area (TPSA) is 71.2 Å². The maximum atomic E-state index is 13.7. The van der Waals surface area contributed by atoms with Crippen molar-refractivity contribution >= 4 is 28.9 Å². The number of carbonyl (C=O) groups excluding carboxylic acids is 1. The normalized spacial score (nSPS) is 19.3. The van der Waals surface area contributed by atoms with Gasteiger partial charge in [-0.15, -0.1) is 0 Å². The molecular weight excluding hydrogens is 472 g/mol. The van der Waals surface area contributed by atoms with Gasteiger partial charge < -0.3 is 4.74 Å². The average molecular weight is 503 g/mol. The van der Waals surface area contributed by atoms with Crippen LogP contribution < -0.4 is 4.90 Å². The number of rotatable bonds is 3. The Morgan fingerprint density at radius 1 is 1.14 bits per heavy atom. The van der Waals surface area contributed by atoms with Gasteiger partial charge in [0.15, 0.2) is 0 Å². The molecule has 186 valence electrons. The predicted octanol–water partition coefficient (Wildman–Crippen LogP) is 7.03. The third-order valence-electron chi connectivity index (χ3n) is 7.32. The van der Waals surface area contributed by atoms with Gasteiger partial charge in [-0.2, -0.15) is 10.4 Å². The van der Waals surface area contributed by atoms with Gasteiger partial charge in [-0.25, -0.2) is 4.68 Å². The highest BCUT2D eigenvalue weighted by Crippen LogP contribution is 2.49. The Morgan fingerprint density at radius 3 is 2.58 bits per heavy atom. The van der Waals surface area contributed by atoms with Crippen LogP contribution in [0.3, 0.4) is 0 Å². The summed E-state index contributed by atoms with van der Waals surface area (Å²) in [4.78, 5) is 15.4. The highest BCUT2D eigenvalue weighted by molar-refractivity contribution is 6.33.